The Balaban J connectivity index is 1.27. The van der Waals surface area contributed by atoms with E-state index in [9.17, 15) is 4.79 Å². The zero-order valence-electron chi connectivity index (χ0n) is 19.9. The Morgan fingerprint density at radius 1 is 1.09 bits per heavy atom. The number of ether oxygens (including phenoxy) is 1. The molecule has 0 spiro atoms. The third kappa shape index (κ3) is 5.14. The van der Waals surface area contributed by atoms with Crippen LogP contribution >= 0.6 is 11.8 Å². The van der Waals surface area contributed by atoms with Gasteiger partial charge >= 0.3 is 0 Å². The van der Waals surface area contributed by atoms with E-state index in [1.54, 1.807) is 7.11 Å². The summed E-state index contributed by atoms with van der Waals surface area (Å²) in [5.41, 5.74) is 3.20. The molecule has 0 aliphatic carbocycles. The van der Waals surface area contributed by atoms with Crippen LogP contribution in [0.4, 0.5) is 5.95 Å². The minimum absolute atomic E-state index is 0.0241. The molecule has 1 saturated heterocycles. The number of fused-ring (bicyclic) bond motifs is 1. The van der Waals surface area contributed by atoms with Crippen LogP contribution in [0.1, 0.15) is 24.8 Å². The van der Waals surface area contributed by atoms with Crippen molar-refractivity contribution < 1.29 is 9.53 Å². The molecule has 3 heterocycles. The van der Waals surface area contributed by atoms with E-state index in [0.29, 0.717) is 11.7 Å². The maximum absolute atomic E-state index is 12.7. The molecule has 8 nitrogen and oxygen atoms in total. The number of hydrogen-bond donors (Lipinski definition) is 2. The number of methoxy groups -OCH3 is 1. The van der Waals surface area contributed by atoms with Gasteiger partial charge in [0.1, 0.15) is 5.75 Å². The average molecular weight is 491 g/mol. The highest BCUT2D eigenvalue weighted by molar-refractivity contribution is 7.99. The van der Waals surface area contributed by atoms with Crippen molar-refractivity contribution in [1.82, 2.24) is 25.1 Å². The number of H-pyrrole nitrogens is 1. The number of aromatic amines is 1. The van der Waals surface area contributed by atoms with E-state index in [-0.39, 0.29) is 11.7 Å². The van der Waals surface area contributed by atoms with Gasteiger partial charge in [0.25, 0.3) is 0 Å². The first-order chi connectivity index (χ1) is 17.2. The molecule has 0 unspecified atom stereocenters. The smallest absolute Gasteiger partial charge is 0.232 e. The van der Waals surface area contributed by atoms with Crippen LogP contribution in [0.3, 0.4) is 0 Å². The van der Waals surface area contributed by atoms with Crippen molar-refractivity contribution in [3.05, 3.63) is 60.3 Å². The lowest BCUT2D eigenvalue weighted by Crippen LogP contribution is -2.32. The van der Waals surface area contributed by atoms with Gasteiger partial charge < -0.3 is 19.9 Å². The second-order valence-corrected chi connectivity index (χ2v) is 9.53. The minimum Gasteiger partial charge on any atom is -0.495 e. The molecule has 2 N–H and O–H groups in total. The highest BCUT2D eigenvalue weighted by atomic mass is 32.2. The Labute approximate surface area is 209 Å². The van der Waals surface area contributed by atoms with E-state index in [4.69, 9.17) is 4.74 Å². The van der Waals surface area contributed by atoms with Crippen molar-refractivity contribution in [1.29, 1.82) is 0 Å². The number of amides is 1. The van der Waals surface area contributed by atoms with Crippen LogP contribution in [0.25, 0.3) is 16.6 Å². The summed E-state index contributed by atoms with van der Waals surface area (Å²) < 4.78 is 7.65. The fourth-order valence-electron chi connectivity index (χ4n) is 4.54. The number of piperidine rings is 1. The second-order valence-electron chi connectivity index (χ2n) is 8.59. The van der Waals surface area contributed by atoms with Gasteiger partial charge in [-0.3, -0.25) is 9.36 Å². The molecule has 0 atom stereocenters. The van der Waals surface area contributed by atoms with Gasteiger partial charge in [0, 0.05) is 36.7 Å². The fourth-order valence-corrected chi connectivity index (χ4v) is 5.31. The summed E-state index contributed by atoms with van der Waals surface area (Å²) in [6, 6.07) is 16.1. The molecule has 1 aliphatic rings. The van der Waals surface area contributed by atoms with Crippen molar-refractivity contribution in [2.45, 2.75) is 30.8 Å². The largest absolute Gasteiger partial charge is 0.495 e. The van der Waals surface area contributed by atoms with E-state index in [1.807, 2.05) is 47.2 Å². The topological polar surface area (TPSA) is 88.1 Å². The SMILES string of the molecule is COc1ccccc1-n1c(SCC(=O)NCCc2c[nH]c3ccccc23)nnc1N1CCCCC1. The Morgan fingerprint density at radius 2 is 1.89 bits per heavy atom. The van der Waals surface area contributed by atoms with Gasteiger partial charge in [0.05, 0.1) is 18.6 Å². The number of nitrogens with one attached hydrogen (secondary N) is 2. The molecule has 5 rings (SSSR count). The summed E-state index contributed by atoms with van der Waals surface area (Å²) in [7, 11) is 1.66. The summed E-state index contributed by atoms with van der Waals surface area (Å²) in [6.45, 7) is 2.48. The number of aromatic nitrogens is 4. The number of nitrogens with zero attached hydrogens (tertiary/aromatic N) is 4. The number of benzene rings is 2. The average Bonchev–Trinajstić information content (AvgIpc) is 3.52. The van der Waals surface area contributed by atoms with E-state index in [1.165, 1.54) is 29.1 Å². The molecule has 2 aromatic heterocycles. The van der Waals surface area contributed by atoms with Crippen molar-refractivity contribution in [3.63, 3.8) is 0 Å². The van der Waals surface area contributed by atoms with Gasteiger partial charge in [0.15, 0.2) is 5.16 Å². The highest BCUT2D eigenvalue weighted by Crippen LogP contribution is 2.32. The summed E-state index contributed by atoms with van der Waals surface area (Å²) >= 11 is 1.39. The quantitative estimate of drug-likeness (QED) is 0.342. The van der Waals surface area contributed by atoms with E-state index >= 15 is 0 Å². The lowest BCUT2D eigenvalue weighted by molar-refractivity contribution is -0.118. The first kappa shape index (κ1) is 23.3. The number of para-hydroxylation sites is 3. The molecule has 9 heteroatoms. The van der Waals surface area contributed by atoms with Crippen LogP contribution in [0.2, 0.25) is 0 Å². The summed E-state index contributed by atoms with van der Waals surface area (Å²) in [5.74, 6) is 1.79. The molecule has 0 radical (unpaired) electrons. The zero-order chi connectivity index (χ0) is 24.0. The summed E-state index contributed by atoms with van der Waals surface area (Å²) in [6.07, 6.45) is 6.31. The molecule has 35 heavy (non-hydrogen) atoms. The maximum atomic E-state index is 12.7. The Bertz CT molecular complexity index is 1290. The van der Waals surface area contributed by atoms with Gasteiger partial charge in [0.2, 0.25) is 11.9 Å². The third-order valence-corrected chi connectivity index (χ3v) is 7.23. The summed E-state index contributed by atoms with van der Waals surface area (Å²) in [5, 5.41) is 13.9. The predicted molar refractivity (Wildman–Crippen MR) is 140 cm³/mol. The first-order valence-corrected chi connectivity index (χ1v) is 13.0. The van der Waals surface area contributed by atoms with E-state index < -0.39 is 0 Å². The van der Waals surface area contributed by atoms with Gasteiger partial charge in [-0.25, -0.2) is 0 Å². The van der Waals surface area contributed by atoms with Crippen LogP contribution in [0.15, 0.2) is 59.9 Å². The normalized spacial score (nSPS) is 13.8. The number of carbonyl (C=O) groups excluding carboxylic acids is 1. The highest BCUT2D eigenvalue weighted by Gasteiger charge is 2.23. The van der Waals surface area contributed by atoms with Crippen LogP contribution < -0.4 is 15.0 Å². The molecule has 2 aromatic carbocycles. The Morgan fingerprint density at radius 3 is 2.74 bits per heavy atom. The molecule has 0 bridgehead atoms. The maximum Gasteiger partial charge on any atom is 0.232 e. The molecular weight excluding hydrogens is 460 g/mol. The Hall–Kier alpha value is -3.46. The molecular formula is C26H30N6O2S. The lowest BCUT2D eigenvalue weighted by atomic mass is 10.1. The van der Waals surface area contributed by atoms with Crippen molar-refractivity contribution in [3.8, 4) is 11.4 Å². The monoisotopic (exact) mass is 490 g/mol. The van der Waals surface area contributed by atoms with Gasteiger partial charge in [-0.05, 0) is 49.4 Å². The molecule has 1 fully saturated rings. The van der Waals surface area contributed by atoms with Crippen molar-refractivity contribution in [2.75, 3.05) is 37.4 Å². The molecule has 4 aromatic rings. The standard InChI is InChI=1S/C26H30N6O2S/c1-34-23-12-6-5-11-22(23)32-25(31-15-7-2-8-16-31)29-30-26(32)35-18-24(33)27-14-13-19-17-28-21-10-4-3-9-20(19)21/h3-6,9-12,17,28H,2,7-8,13-16,18H2,1H3,(H,27,33). The third-order valence-electron chi connectivity index (χ3n) is 6.31. The van der Waals surface area contributed by atoms with E-state index in [2.05, 4.69) is 37.5 Å². The predicted octanol–water partition coefficient (Wildman–Crippen LogP) is 4.20. The number of carbonyl (C=O) groups is 1. The van der Waals surface area contributed by atoms with Crippen molar-refractivity contribution >= 4 is 34.5 Å². The van der Waals surface area contributed by atoms with E-state index in [0.717, 1.165) is 55.3 Å². The molecule has 1 amide bonds. The number of anilines is 1. The zero-order valence-corrected chi connectivity index (χ0v) is 20.7. The van der Waals surface area contributed by atoms with Crippen LogP contribution in [0, 0.1) is 0 Å². The fraction of sp³-hybridized carbons (Fsp3) is 0.346. The number of thioether (sulfide) groups is 1. The van der Waals surface area contributed by atoms with Crippen LogP contribution in [-0.2, 0) is 11.2 Å². The molecule has 182 valence electrons. The second kappa shape index (κ2) is 10.9. The van der Waals surface area contributed by atoms with Crippen LogP contribution in [-0.4, -0.2) is 58.2 Å². The lowest BCUT2D eigenvalue weighted by Gasteiger charge is -2.28. The number of rotatable bonds is 9. The summed E-state index contributed by atoms with van der Waals surface area (Å²) in [4.78, 5) is 18.2. The van der Waals surface area contributed by atoms with Gasteiger partial charge in [-0.2, -0.15) is 0 Å². The van der Waals surface area contributed by atoms with Crippen LogP contribution in [0.5, 0.6) is 5.75 Å². The Kier molecular flexibility index (Phi) is 7.23. The van der Waals surface area contributed by atoms with Gasteiger partial charge in [-0.15, -0.1) is 10.2 Å². The molecule has 1 aliphatic heterocycles. The number of hydrogen-bond acceptors (Lipinski definition) is 6. The minimum atomic E-state index is -0.0241. The first-order valence-electron chi connectivity index (χ1n) is 12.0. The molecule has 0 saturated carbocycles. The van der Waals surface area contributed by atoms with Gasteiger partial charge in [-0.1, -0.05) is 42.1 Å². The van der Waals surface area contributed by atoms with Crippen molar-refractivity contribution in [2.24, 2.45) is 0 Å².